The Morgan fingerprint density at radius 3 is 2.43 bits per heavy atom. The first-order chi connectivity index (χ1) is 6.65. The highest BCUT2D eigenvalue weighted by Crippen LogP contribution is 2.22. The highest BCUT2D eigenvalue weighted by Gasteiger charge is 2.20. The number of thiol groups is 1. The standard InChI is InChI=1S/C9H9O4S/c10-7-3-1-6(2-4-7)8(5-13-14)9(11)12/h1-5,8,10,14H,(H,11,12). The van der Waals surface area contributed by atoms with Crippen molar-refractivity contribution in [3.63, 3.8) is 0 Å². The molecule has 0 aromatic heterocycles. The molecule has 0 saturated carbocycles. The molecule has 0 heterocycles. The van der Waals surface area contributed by atoms with E-state index in [0.29, 0.717) is 5.56 Å². The van der Waals surface area contributed by atoms with Gasteiger partial charge in [0.25, 0.3) is 0 Å². The Morgan fingerprint density at radius 2 is 2.00 bits per heavy atom. The quantitative estimate of drug-likeness (QED) is 0.524. The first-order valence-electron chi connectivity index (χ1n) is 3.80. The summed E-state index contributed by atoms with van der Waals surface area (Å²) in [6, 6.07) is 5.85. The first kappa shape index (κ1) is 10.9. The van der Waals surface area contributed by atoms with Crippen LogP contribution in [-0.2, 0) is 8.98 Å². The van der Waals surface area contributed by atoms with Crippen LogP contribution in [0.5, 0.6) is 5.75 Å². The van der Waals surface area contributed by atoms with Crippen molar-refractivity contribution in [1.82, 2.24) is 0 Å². The van der Waals surface area contributed by atoms with Crippen molar-refractivity contribution in [1.29, 1.82) is 0 Å². The number of carbonyl (C=O) groups is 1. The molecule has 1 unspecified atom stereocenters. The molecular weight excluding hydrogens is 204 g/mol. The maximum Gasteiger partial charge on any atom is 0.313 e. The van der Waals surface area contributed by atoms with Crippen LogP contribution < -0.4 is 0 Å². The van der Waals surface area contributed by atoms with Crippen molar-refractivity contribution in [2.45, 2.75) is 5.92 Å². The molecule has 1 atom stereocenters. The molecule has 5 heteroatoms. The predicted octanol–water partition coefficient (Wildman–Crippen LogP) is 1.58. The Morgan fingerprint density at radius 1 is 1.43 bits per heavy atom. The highest BCUT2D eigenvalue weighted by atomic mass is 32.1. The van der Waals surface area contributed by atoms with Crippen LogP contribution in [0.3, 0.4) is 0 Å². The number of rotatable bonds is 4. The summed E-state index contributed by atoms with van der Waals surface area (Å²) in [5, 5.41) is 17.8. The van der Waals surface area contributed by atoms with Crippen molar-refractivity contribution in [3.05, 3.63) is 36.4 Å². The highest BCUT2D eigenvalue weighted by molar-refractivity contribution is 7.75. The molecule has 0 saturated heterocycles. The van der Waals surface area contributed by atoms with E-state index in [-0.39, 0.29) is 5.75 Å². The van der Waals surface area contributed by atoms with Crippen LogP contribution in [0.25, 0.3) is 0 Å². The predicted molar refractivity (Wildman–Crippen MR) is 52.9 cm³/mol. The lowest BCUT2D eigenvalue weighted by Crippen LogP contribution is -2.12. The third-order valence-electron chi connectivity index (χ3n) is 1.72. The molecule has 0 aliphatic heterocycles. The lowest BCUT2D eigenvalue weighted by atomic mass is 10.0. The summed E-state index contributed by atoms with van der Waals surface area (Å²) in [7, 11) is 0. The van der Waals surface area contributed by atoms with Crippen LogP contribution in [0.4, 0.5) is 0 Å². The molecule has 0 bridgehead atoms. The smallest absolute Gasteiger partial charge is 0.313 e. The van der Waals surface area contributed by atoms with E-state index in [2.05, 4.69) is 17.1 Å². The zero-order chi connectivity index (χ0) is 10.6. The van der Waals surface area contributed by atoms with Gasteiger partial charge in [0.1, 0.15) is 18.3 Å². The van der Waals surface area contributed by atoms with Gasteiger partial charge < -0.3 is 14.4 Å². The Hall–Kier alpha value is -1.20. The number of hydrogen-bond acceptors (Lipinski definition) is 4. The van der Waals surface area contributed by atoms with Crippen molar-refractivity contribution in [2.75, 3.05) is 0 Å². The van der Waals surface area contributed by atoms with Gasteiger partial charge in [-0.1, -0.05) is 12.1 Å². The van der Waals surface area contributed by atoms with Crippen LogP contribution in [-0.4, -0.2) is 16.2 Å². The maximum absolute atomic E-state index is 10.8. The fraction of sp³-hybridized carbons (Fsp3) is 0.111. The van der Waals surface area contributed by atoms with Gasteiger partial charge in [0.05, 0.1) is 0 Å². The average Bonchev–Trinajstić information content (AvgIpc) is 2.15. The maximum atomic E-state index is 10.8. The number of benzene rings is 1. The van der Waals surface area contributed by atoms with E-state index < -0.39 is 11.9 Å². The monoisotopic (exact) mass is 213 g/mol. The van der Waals surface area contributed by atoms with E-state index in [9.17, 15) is 4.79 Å². The van der Waals surface area contributed by atoms with Crippen molar-refractivity contribution >= 4 is 18.9 Å². The number of carboxylic acids is 1. The Balaban J connectivity index is 2.87. The van der Waals surface area contributed by atoms with E-state index in [1.807, 2.05) is 0 Å². The summed E-state index contributed by atoms with van der Waals surface area (Å²) < 4.78 is 4.38. The molecule has 1 rings (SSSR count). The minimum absolute atomic E-state index is 0.0877. The molecule has 2 N–H and O–H groups in total. The lowest BCUT2D eigenvalue weighted by Gasteiger charge is -2.09. The fourth-order valence-corrected chi connectivity index (χ4v) is 1.14. The van der Waals surface area contributed by atoms with Crippen molar-refractivity contribution in [2.24, 2.45) is 0 Å². The minimum Gasteiger partial charge on any atom is -0.508 e. The van der Waals surface area contributed by atoms with Crippen molar-refractivity contribution < 1.29 is 19.2 Å². The van der Waals surface area contributed by atoms with Gasteiger partial charge in [0.15, 0.2) is 0 Å². The Kier molecular flexibility index (Phi) is 3.79. The topological polar surface area (TPSA) is 66.8 Å². The van der Waals surface area contributed by atoms with E-state index >= 15 is 0 Å². The molecule has 0 aliphatic rings. The SMILES string of the molecule is O=C(O)C([CH]OS)c1ccc(O)cc1. The van der Waals surface area contributed by atoms with Crippen LogP contribution >= 0.6 is 12.9 Å². The molecular formula is C9H9O4S. The molecule has 0 spiro atoms. The minimum atomic E-state index is -1.04. The Labute approximate surface area is 86.8 Å². The van der Waals surface area contributed by atoms with E-state index in [1.165, 1.54) is 24.3 Å². The van der Waals surface area contributed by atoms with Gasteiger partial charge in [0.2, 0.25) is 0 Å². The summed E-state index contributed by atoms with van der Waals surface area (Å²) in [5.74, 6) is -1.83. The average molecular weight is 213 g/mol. The number of carboxylic acid groups (broad SMARTS) is 1. The Bertz CT molecular complexity index is 309. The zero-order valence-electron chi connectivity index (χ0n) is 7.12. The fourth-order valence-electron chi connectivity index (χ4n) is 1.02. The third-order valence-corrected chi connectivity index (χ3v) is 1.84. The molecule has 0 fully saturated rings. The number of aliphatic carboxylic acids is 1. The van der Waals surface area contributed by atoms with Gasteiger partial charge in [-0.2, -0.15) is 0 Å². The van der Waals surface area contributed by atoms with E-state index in [0.717, 1.165) is 6.61 Å². The van der Waals surface area contributed by atoms with E-state index in [1.54, 1.807) is 0 Å². The molecule has 1 radical (unpaired) electrons. The zero-order valence-corrected chi connectivity index (χ0v) is 8.02. The number of hydrogen-bond donors (Lipinski definition) is 3. The molecule has 0 amide bonds. The van der Waals surface area contributed by atoms with Gasteiger partial charge in [-0.25, -0.2) is 0 Å². The van der Waals surface area contributed by atoms with Crippen LogP contribution in [0, 0.1) is 6.61 Å². The summed E-state index contributed by atoms with van der Waals surface area (Å²) in [4.78, 5) is 10.8. The number of aromatic hydroxyl groups is 1. The molecule has 1 aromatic carbocycles. The lowest BCUT2D eigenvalue weighted by molar-refractivity contribution is -0.138. The van der Waals surface area contributed by atoms with Crippen LogP contribution in [0.1, 0.15) is 11.5 Å². The summed E-state index contributed by atoms with van der Waals surface area (Å²) >= 11 is 3.46. The molecule has 75 valence electrons. The second-order valence-electron chi connectivity index (χ2n) is 2.65. The summed E-state index contributed by atoms with van der Waals surface area (Å²) in [6.45, 7) is 1.10. The van der Waals surface area contributed by atoms with Gasteiger partial charge in [0, 0.05) is 0 Å². The first-order valence-corrected chi connectivity index (χ1v) is 4.17. The van der Waals surface area contributed by atoms with Crippen LogP contribution in [0.15, 0.2) is 24.3 Å². The summed E-state index contributed by atoms with van der Waals surface area (Å²) in [6.07, 6.45) is 0. The van der Waals surface area contributed by atoms with E-state index in [4.69, 9.17) is 10.2 Å². The number of phenolic OH excluding ortho intramolecular Hbond substituents is 1. The van der Waals surface area contributed by atoms with Crippen molar-refractivity contribution in [3.8, 4) is 5.75 Å². The summed E-state index contributed by atoms with van der Waals surface area (Å²) in [5.41, 5.74) is 0.518. The van der Waals surface area contributed by atoms with Gasteiger partial charge >= 0.3 is 5.97 Å². The molecule has 1 aromatic rings. The molecule has 14 heavy (non-hydrogen) atoms. The van der Waals surface area contributed by atoms with Gasteiger partial charge in [-0.05, 0) is 30.6 Å². The van der Waals surface area contributed by atoms with Crippen LogP contribution in [0.2, 0.25) is 0 Å². The number of phenols is 1. The third kappa shape index (κ3) is 2.65. The molecule has 4 nitrogen and oxygen atoms in total. The van der Waals surface area contributed by atoms with Gasteiger partial charge in [-0.15, -0.1) is 0 Å². The normalized spacial score (nSPS) is 12.4. The second kappa shape index (κ2) is 4.88. The molecule has 0 aliphatic carbocycles. The van der Waals surface area contributed by atoms with Gasteiger partial charge in [-0.3, -0.25) is 4.79 Å². The second-order valence-corrected chi connectivity index (χ2v) is 2.86. The largest absolute Gasteiger partial charge is 0.508 e.